The number of hydrogen-bond donors (Lipinski definition) is 1. The SMILES string of the molecule is CCN(Cc1ccco1)CC1(CO)CCOC1. The van der Waals surface area contributed by atoms with Crippen LogP contribution in [0.25, 0.3) is 0 Å². The number of ether oxygens (including phenoxy) is 1. The molecule has 2 rings (SSSR count). The van der Waals surface area contributed by atoms with Gasteiger partial charge < -0.3 is 14.3 Å². The first-order valence-electron chi connectivity index (χ1n) is 6.21. The third kappa shape index (κ3) is 3.09. The van der Waals surface area contributed by atoms with Crippen molar-refractivity contribution in [1.82, 2.24) is 4.90 Å². The van der Waals surface area contributed by atoms with E-state index in [2.05, 4.69) is 11.8 Å². The van der Waals surface area contributed by atoms with Gasteiger partial charge in [-0.3, -0.25) is 4.90 Å². The van der Waals surface area contributed by atoms with Crippen molar-refractivity contribution in [2.45, 2.75) is 19.9 Å². The first kappa shape index (κ1) is 12.6. The van der Waals surface area contributed by atoms with Gasteiger partial charge in [-0.25, -0.2) is 0 Å². The van der Waals surface area contributed by atoms with Crippen LogP contribution in [-0.2, 0) is 11.3 Å². The monoisotopic (exact) mass is 239 g/mol. The second-order valence-corrected chi connectivity index (χ2v) is 4.84. The molecule has 1 aromatic heterocycles. The van der Waals surface area contributed by atoms with Crippen LogP contribution in [0.4, 0.5) is 0 Å². The van der Waals surface area contributed by atoms with E-state index in [-0.39, 0.29) is 12.0 Å². The van der Waals surface area contributed by atoms with Gasteiger partial charge in [0.2, 0.25) is 0 Å². The Balaban J connectivity index is 1.94. The molecule has 0 saturated carbocycles. The molecule has 1 aromatic rings. The molecule has 1 N–H and O–H groups in total. The molecule has 1 aliphatic heterocycles. The second-order valence-electron chi connectivity index (χ2n) is 4.84. The highest BCUT2D eigenvalue weighted by Crippen LogP contribution is 2.29. The van der Waals surface area contributed by atoms with Crippen LogP contribution < -0.4 is 0 Å². The number of hydrogen-bond acceptors (Lipinski definition) is 4. The van der Waals surface area contributed by atoms with Crippen LogP contribution >= 0.6 is 0 Å². The van der Waals surface area contributed by atoms with Crippen LogP contribution in [0.1, 0.15) is 19.1 Å². The third-order valence-electron chi connectivity index (χ3n) is 3.49. The number of aliphatic hydroxyl groups is 1. The highest BCUT2D eigenvalue weighted by Gasteiger charge is 2.35. The summed E-state index contributed by atoms with van der Waals surface area (Å²) in [5, 5.41) is 9.56. The lowest BCUT2D eigenvalue weighted by atomic mass is 9.87. The van der Waals surface area contributed by atoms with Crippen LogP contribution in [0.15, 0.2) is 22.8 Å². The zero-order valence-electron chi connectivity index (χ0n) is 10.4. The van der Waals surface area contributed by atoms with Crippen molar-refractivity contribution in [2.24, 2.45) is 5.41 Å². The molecule has 4 nitrogen and oxygen atoms in total. The highest BCUT2D eigenvalue weighted by atomic mass is 16.5. The summed E-state index contributed by atoms with van der Waals surface area (Å²) in [7, 11) is 0. The van der Waals surface area contributed by atoms with E-state index in [1.165, 1.54) is 0 Å². The molecule has 4 heteroatoms. The minimum Gasteiger partial charge on any atom is -0.468 e. The summed E-state index contributed by atoms with van der Waals surface area (Å²) in [6.07, 6.45) is 2.64. The predicted molar refractivity (Wildman–Crippen MR) is 64.6 cm³/mol. The molecule has 96 valence electrons. The fourth-order valence-corrected chi connectivity index (χ4v) is 2.33. The number of rotatable bonds is 6. The largest absolute Gasteiger partial charge is 0.468 e. The van der Waals surface area contributed by atoms with Crippen molar-refractivity contribution in [2.75, 3.05) is 32.9 Å². The first-order valence-corrected chi connectivity index (χ1v) is 6.21. The molecule has 1 saturated heterocycles. The summed E-state index contributed by atoms with van der Waals surface area (Å²) in [5.41, 5.74) is -0.0808. The van der Waals surface area contributed by atoms with Gasteiger partial charge in [-0.05, 0) is 25.1 Å². The number of aliphatic hydroxyl groups excluding tert-OH is 1. The van der Waals surface area contributed by atoms with Gasteiger partial charge in [0.1, 0.15) is 5.76 Å². The fraction of sp³-hybridized carbons (Fsp3) is 0.692. The molecule has 0 amide bonds. The van der Waals surface area contributed by atoms with Crippen LogP contribution in [0.3, 0.4) is 0 Å². The van der Waals surface area contributed by atoms with Gasteiger partial charge in [-0.2, -0.15) is 0 Å². The smallest absolute Gasteiger partial charge is 0.117 e. The zero-order valence-corrected chi connectivity index (χ0v) is 10.4. The van der Waals surface area contributed by atoms with Crippen molar-refractivity contribution in [1.29, 1.82) is 0 Å². The Kier molecular flexibility index (Phi) is 4.20. The highest BCUT2D eigenvalue weighted by molar-refractivity contribution is 4.98. The molecule has 0 radical (unpaired) electrons. The van der Waals surface area contributed by atoms with Crippen molar-refractivity contribution in [3.63, 3.8) is 0 Å². The maximum absolute atomic E-state index is 9.56. The number of nitrogens with zero attached hydrogens (tertiary/aromatic N) is 1. The van der Waals surface area contributed by atoms with Gasteiger partial charge in [-0.1, -0.05) is 6.92 Å². The molecule has 0 aromatic carbocycles. The van der Waals surface area contributed by atoms with Gasteiger partial charge >= 0.3 is 0 Å². The lowest BCUT2D eigenvalue weighted by Crippen LogP contribution is -2.40. The molecular formula is C13H21NO3. The summed E-state index contributed by atoms with van der Waals surface area (Å²) in [6.45, 7) is 6.36. The molecule has 1 unspecified atom stereocenters. The van der Waals surface area contributed by atoms with E-state index in [4.69, 9.17) is 9.15 Å². The molecule has 0 aliphatic carbocycles. The summed E-state index contributed by atoms with van der Waals surface area (Å²) in [6, 6.07) is 3.89. The molecule has 0 bridgehead atoms. The molecule has 17 heavy (non-hydrogen) atoms. The third-order valence-corrected chi connectivity index (χ3v) is 3.49. The number of furan rings is 1. The molecular weight excluding hydrogens is 218 g/mol. The quantitative estimate of drug-likeness (QED) is 0.817. The maximum Gasteiger partial charge on any atom is 0.117 e. The summed E-state index contributed by atoms with van der Waals surface area (Å²) < 4.78 is 10.8. The predicted octanol–water partition coefficient (Wildman–Crippen LogP) is 1.50. The second kappa shape index (κ2) is 5.67. The van der Waals surface area contributed by atoms with E-state index >= 15 is 0 Å². The van der Waals surface area contributed by atoms with E-state index in [9.17, 15) is 5.11 Å². The van der Waals surface area contributed by atoms with E-state index < -0.39 is 0 Å². The van der Waals surface area contributed by atoms with Crippen LogP contribution in [0, 0.1) is 5.41 Å². The minimum atomic E-state index is -0.0808. The summed E-state index contributed by atoms with van der Waals surface area (Å²) in [4.78, 5) is 2.30. The van der Waals surface area contributed by atoms with E-state index in [1.54, 1.807) is 6.26 Å². The molecule has 2 heterocycles. The van der Waals surface area contributed by atoms with Gasteiger partial charge in [-0.15, -0.1) is 0 Å². The molecule has 1 fully saturated rings. The summed E-state index contributed by atoms with van der Waals surface area (Å²) >= 11 is 0. The standard InChI is InChI=1S/C13H21NO3/c1-2-14(8-12-4-3-6-17-12)9-13(10-15)5-7-16-11-13/h3-4,6,15H,2,5,7-11H2,1H3. The molecule has 1 atom stereocenters. The minimum absolute atomic E-state index is 0.0808. The molecule has 1 aliphatic rings. The Morgan fingerprint density at radius 2 is 2.41 bits per heavy atom. The Hall–Kier alpha value is -0.840. The summed E-state index contributed by atoms with van der Waals surface area (Å²) in [5.74, 6) is 0.971. The van der Waals surface area contributed by atoms with Crippen LogP contribution in [0.2, 0.25) is 0 Å². The average Bonchev–Trinajstić information content (AvgIpc) is 3.00. The normalized spacial score (nSPS) is 24.6. The van der Waals surface area contributed by atoms with Crippen LogP contribution in [0.5, 0.6) is 0 Å². The van der Waals surface area contributed by atoms with Gasteiger partial charge in [0.05, 0.1) is 26.0 Å². The Morgan fingerprint density at radius 3 is 2.94 bits per heavy atom. The van der Waals surface area contributed by atoms with Crippen molar-refractivity contribution in [3.05, 3.63) is 24.2 Å². The Bertz CT molecular complexity index is 317. The Morgan fingerprint density at radius 1 is 1.53 bits per heavy atom. The zero-order chi connectivity index (χ0) is 12.1. The lowest BCUT2D eigenvalue weighted by Gasteiger charge is -2.31. The lowest BCUT2D eigenvalue weighted by molar-refractivity contribution is 0.0538. The Labute approximate surface area is 102 Å². The first-order chi connectivity index (χ1) is 8.28. The van der Waals surface area contributed by atoms with Crippen molar-refractivity contribution < 1.29 is 14.3 Å². The van der Waals surface area contributed by atoms with Crippen molar-refractivity contribution in [3.8, 4) is 0 Å². The van der Waals surface area contributed by atoms with E-state index in [0.29, 0.717) is 6.61 Å². The average molecular weight is 239 g/mol. The van der Waals surface area contributed by atoms with E-state index in [0.717, 1.165) is 38.4 Å². The topological polar surface area (TPSA) is 45.8 Å². The van der Waals surface area contributed by atoms with Crippen LogP contribution in [-0.4, -0.2) is 42.9 Å². The van der Waals surface area contributed by atoms with E-state index in [1.807, 2.05) is 12.1 Å². The van der Waals surface area contributed by atoms with Gasteiger partial charge in [0.15, 0.2) is 0 Å². The molecule has 0 spiro atoms. The maximum atomic E-state index is 9.56. The van der Waals surface area contributed by atoms with Gasteiger partial charge in [0.25, 0.3) is 0 Å². The van der Waals surface area contributed by atoms with Crippen molar-refractivity contribution >= 4 is 0 Å². The fourth-order valence-electron chi connectivity index (χ4n) is 2.33. The van der Waals surface area contributed by atoms with Gasteiger partial charge in [0, 0.05) is 18.6 Å².